The van der Waals surface area contributed by atoms with E-state index < -0.39 is 0 Å². The maximum Gasteiger partial charge on any atom is 0.258 e. The van der Waals surface area contributed by atoms with Crippen molar-refractivity contribution in [2.45, 2.75) is 18.9 Å². The van der Waals surface area contributed by atoms with Crippen LogP contribution < -0.4 is 10.3 Å². The number of carbonyl (C=O) groups excluding carboxylic acids is 1. The molecular formula is C25H23FN2O3. The van der Waals surface area contributed by atoms with E-state index in [9.17, 15) is 14.0 Å². The third-order valence-electron chi connectivity index (χ3n) is 6.38. The Balaban J connectivity index is 1.43. The number of fused-ring (bicyclic) bond motifs is 4. The van der Waals surface area contributed by atoms with Crippen molar-refractivity contribution in [1.82, 2.24) is 9.47 Å². The van der Waals surface area contributed by atoms with Gasteiger partial charge in [-0.25, -0.2) is 4.39 Å². The zero-order valence-electron chi connectivity index (χ0n) is 17.3. The van der Waals surface area contributed by atoms with E-state index in [0.717, 1.165) is 23.4 Å². The van der Waals surface area contributed by atoms with Crippen LogP contribution in [0.2, 0.25) is 0 Å². The summed E-state index contributed by atoms with van der Waals surface area (Å²) in [5.74, 6) is 0.657. The van der Waals surface area contributed by atoms with Crippen LogP contribution in [0.25, 0.3) is 11.1 Å². The van der Waals surface area contributed by atoms with Crippen LogP contribution in [0.5, 0.6) is 5.75 Å². The molecule has 2 atom stereocenters. The number of pyridine rings is 1. The zero-order chi connectivity index (χ0) is 21.5. The lowest BCUT2D eigenvalue weighted by molar-refractivity contribution is 0.0594. The number of rotatable bonds is 3. The standard InChI is InChI=1S/C25H23FN2O3/c1-31-21-8-4-17(5-9-21)22-10-11-23-19-12-16(14-28(23)25(22)30)13-27(15-19)24(29)18-2-6-20(26)7-3-18/h2-11,16,19H,12-15H2,1H3/t16-,19-/m1/s1. The number of methoxy groups -OCH3 is 1. The Morgan fingerprint density at radius 1 is 0.968 bits per heavy atom. The highest BCUT2D eigenvalue weighted by atomic mass is 19.1. The fraction of sp³-hybridized carbons (Fsp3) is 0.280. The second-order valence-electron chi connectivity index (χ2n) is 8.33. The second-order valence-corrected chi connectivity index (χ2v) is 8.33. The number of hydrogen-bond acceptors (Lipinski definition) is 3. The van der Waals surface area contributed by atoms with Crippen LogP contribution in [0, 0.1) is 11.7 Å². The third kappa shape index (κ3) is 3.52. The molecule has 3 heterocycles. The van der Waals surface area contributed by atoms with E-state index in [1.807, 2.05) is 45.9 Å². The molecule has 6 heteroatoms. The Kier molecular flexibility index (Phi) is 4.85. The Morgan fingerprint density at radius 2 is 1.71 bits per heavy atom. The van der Waals surface area contributed by atoms with E-state index in [2.05, 4.69) is 0 Å². The molecule has 3 aromatic rings. The van der Waals surface area contributed by atoms with Crippen molar-refractivity contribution in [3.8, 4) is 16.9 Å². The van der Waals surface area contributed by atoms with Crippen molar-refractivity contribution < 1.29 is 13.9 Å². The van der Waals surface area contributed by atoms with E-state index in [1.54, 1.807) is 7.11 Å². The lowest BCUT2D eigenvalue weighted by Gasteiger charge is -2.43. The molecule has 158 valence electrons. The molecule has 0 N–H and O–H groups in total. The molecule has 5 rings (SSSR count). The average Bonchev–Trinajstić information content (AvgIpc) is 2.80. The van der Waals surface area contributed by atoms with Crippen molar-refractivity contribution >= 4 is 5.91 Å². The molecule has 2 aliphatic heterocycles. The number of carbonyl (C=O) groups is 1. The molecule has 1 aromatic heterocycles. The number of benzene rings is 2. The molecule has 1 saturated heterocycles. The summed E-state index contributed by atoms with van der Waals surface area (Å²) in [6, 6.07) is 17.1. The van der Waals surface area contributed by atoms with Crippen molar-refractivity contribution in [2.24, 2.45) is 5.92 Å². The van der Waals surface area contributed by atoms with Gasteiger partial charge in [0.15, 0.2) is 0 Å². The van der Waals surface area contributed by atoms with Gasteiger partial charge in [-0.05, 0) is 66.4 Å². The van der Waals surface area contributed by atoms with Gasteiger partial charge in [-0.15, -0.1) is 0 Å². The molecule has 2 aromatic carbocycles. The molecule has 1 amide bonds. The number of amides is 1. The Hall–Kier alpha value is -3.41. The number of halogens is 1. The summed E-state index contributed by atoms with van der Waals surface area (Å²) in [6.45, 7) is 1.77. The van der Waals surface area contributed by atoms with Gasteiger partial charge < -0.3 is 14.2 Å². The van der Waals surface area contributed by atoms with E-state index in [1.165, 1.54) is 24.3 Å². The molecule has 5 nitrogen and oxygen atoms in total. The van der Waals surface area contributed by atoms with Crippen LogP contribution in [0.4, 0.5) is 4.39 Å². The van der Waals surface area contributed by atoms with Gasteiger partial charge in [0.05, 0.1) is 7.11 Å². The van der Waals surface area contributed by atoms with Gasteiger partial charge >= 0.3 is 0 Å². The number of aromatic nitrogens is 1. The normalized spacial score (nSPS) is 19.6. The SMILES string of the molecule is COc1ccc(-c2ccc3n(c2=O)C[C@@H]2C[C@@H]3CN(C(=O)c3ccc(F)cc3)C2)cc1. The molecule has 1 fully saturated rings. The van der Waals surface area contributed by atoms with Gasteiger partial charge in [-0.1, -0.05) is 12.1 Å². The lowest BCUT2D eigenvalue weighted by atomic mass is 9.82. The van der Waals surface area contributed by atoms with Crippen LogP contribution in [0.15, 0.2) is 65.5 Å². The first-order chi connectivity index (χ1) is 15.0. The summed E-state index contributed by atoms with van der Waals surface area (Å²) in [6.07, 6.45) is 0.967. The molecular weight excluding hydrogens is 395 g/mol. The summed E-state index contributed by atoms with van der Waals surface area (Å²) < 4.78 is 20.3. The molecule has 0 unspecified atom stereocenters. The van der Waals surface area contributed by atoms with Gasteiger partial charge in [0.2, 0.25) is 0 Å². The third-order valence-corrected chi connectivity index (χ3v) is 6.38. The lowest BCUT2D eigenvalue weighted by Crippen LogP contribution is -2.49. The molecule has 0 spiro atoms. The summed E-state index contributed by atoms with van der Waals surface area (Å²) in [5.41, 5.74) is 3.02. The number of ether oxygens (including phenoxy) is 1. The predicted molar refractivity (Wildman–Crippen MR) is 116 cm³/mol. The Morgan fingerprint density at radius 3 is 2.42 bits per heavy atom. The van der Waals surface area contributed by atoms with Gasteiger partial charge in [0.1, 0.15) is 11.6 Å². The minimum Gasteiger partial charge on any atom is -0.497 e. The molecule has 31 heavy (non-hydrogen) atoms. The number of hydrogen-bond donors (Lipinski definition) is 0. The van der Waals surface area contributed by atoms with Crippen molar-refractivity contribution in [3.05, 3.63) is 88.1 Å². The van der Waals surface area contributed by atoms with E-state index in [4.69, 9.17) is 4.74 Å². The maximum atomic E-state index is 13.3. The quantitative estimate of drug-likeness (QED) is 0.648. The fourth-order valence-corrected chi connectivity index (χ4v) is 4.88. The van der Waals surface area contributed by atoms with Gasteiger partial charge in [0.25, 0.3) is 11.5 Å². The minimum absolute atomic E-state index is 0.00989. The highest BCUT2D eigenvalue weighted by Crippen LogP contribution is 2.36. The number of likely N-dealkylation sites (tertiary alicyclic amines) is 1. The number of nitrogens with zero attached hydrogens (tertiary/aromatic N) is 2. The van der Waals surface area contributed by atoms with Crippen LogP contribution in [0.1, 0.15) is 28.4 Å². The summed E-state index contributed by atoms with van der Waals surface area (Å²) >= 11 is 0. The van der Waals surface area contributed by atoms with Crippen LogP contribution in [-0.4, -0.2) is 35.6 Å². The van der Waals surface area contributed by atoms with Gasteiger partial charge in [-0.3, -0.25) is 9.59 Å². The molecule has 0 radical (unpaired) electrons. The smallest absolute Gasteiger partial charge is 0.258 e. The van der Waals surface area contributed by atoms with Gasteiger partial charge in [0, 0.05) is 42.4 Å². The topological polar surface area (TPSA) is 51.5 Å². The number of piperidine rings is 1. The maximum absolute atomic E-state index is 13.3. The summed E-state index contributed by atoms with van der Waals surface area (Å²) in [5, 5.41) is 0. The minimum atomic E-state index is -0.354. The zero-order valence-corrected chi connectivity index (χ0v) is 17.3. The first-order valence-electron chi connectivity index (χ1n) is 10.5. The van der Waals surface area contributed by atoms with E-state index in [-0.39, 0.29) is 29.1 Å². The highest BCUT2D eigenvalue weighted by molar-refractivity contribution is 5.94. The van der Waals surface area contributed by atoms with Crippen LogP contribution in [0.3, 0.4) is 0 Å². The van der Waals surface area contributed by atoms with Crippen molar-refractivity contribution in [1.29, 1.82) is 0 Å². The summed E-state index contributed by atoms with van der Waals surface area (Å²) in [7, 11) is 1.62. The molecule has 2 aliphatic rings. The van der Waals surface area contributed by atoms with E-state index >= 15 is 0 Å². The van der Waals surface area contributed by atoms with E-state index in [0.29, 0.717) is 30.8 Å². The van der Waals surface area contributed by atoms with Crippen molar-refractivity contribution in [2.75, 3.05) is 20.2 Å². The second kappa shape index (κ2) is 7.69. The molecule has 0 aliphatic carbocycles. The Labute approximate surface area is 179 Å². The van der Waals surface area contributed by atoms with Crippen molar-refractivity contribution in [3.63, 3.8) is 0 Å². The van der Waals surface area contributed by atoms with Crippen LogP contribution in [-0.2, 0) is 6.54 Å². The average molecular weight is 418 g/mol. The van der Waals surface area contributed by atoms with Gasteiger partial charge in [-0.2, -0.15) is 0 Å². The predicted octanol–water partition coefficient (Wildman–Crippen LogP) is 3.92. The monoisotopic (exact) mass is 418 g/mol. The highest BCUT2D eigenvalue weighted by Gasteiger charge is 2.37. The molecule has 2 bridgehead atoms. The Bertz CT molecular complexity index is 1180. The summed E-state index contributed by atoms with van der Waals surface area (Å²) in [4.78, 5) is 28.1. The van der Waals surface area contributed by atoms with Crippen LogP contribution >= 0.6 is 0 Å². The molecule has 0 saturated carbocycles. The fourth-order valence-electron chi connectivity index (χ4n) is 4.88. The first-order valence-corrected chi connectivity index (χ1v) is 10.5. The first kappa shape index (κ1) is 19.5. The largest absolute Gasteiger partial charge is 0.497 e.